The number of carbonyl (C=O) groups excluding carboxylic acids is 2. The molecule has 2 amide bonds. The van der Waals surface area contributed by atoms with E-state index in [1.165, 1.54) is 25.3 Å². The van der Waals surface area contributed by atoms with Gasteiger partial charge in [-0.15, -0.1) is 0 Å². The van der Waals surface area contributed by atoms with Crippen molar-refractivity contribution in [2.75, 3.05) is 26.1 Å². The van der Waals surface area contributed by atoms with E-state index in [9.17, 15) is 14.7 Å². The Balaban J connectivity index is 1.75. The van der Waals surface area contributed by atoms with Crippen LogP contribution < -0.4 is 20.1 Å². The summed E-state index contributed by atoms with van der Waals surface area (Å²) in [6.45, 7) is 0.372. The maximum Gasteiger partial charge on any atom is 0.255 e. The third-order valence-corrected chi connectivity index (χ3v) is 5.10. The van der Waals surface area contributed by atoms with Gasteiger partial charge in [0.25, 0.3) is 11.8 Å². The van der Waals surface area contributed by atoms with Crippen molar-refractivity contribution in [1.82, 2.24) is 5.32 Å². The van der Waals surface area contributed by atoms with Crippen molar-refractivity contribution >= 4 is 29.1 Å². The molecule has 0 aliphatic carbocycles. The molecule has 0 aliphatic heterocycles. The molecule has 3 N–H and O–H groups in total. The zero-order valence-corrected chi connectivity index (χ0v) is 18.4. The smallest absolute Gasteiger partial charge is 0.255 e. The number of halogens is 1. The lowest BCUT2D eigenvalue weighted by Gasteiger charge is -2.14. The van der Waals surface area contributed by atoms with Crippen LogP contribution in [-0.4, -0.2) is 37.7 Å². The quantitative estimate of drug-likeness (QED) is 0.472. The number of ether oxygens (including phenoxy) is 2. The number of aromatic hydroxyl groups is 1. The number of carbonyl (C=O) groups is 2. The van der Waals surface area contributed by atoms with Crippen LogP contribution in [0.15, 0.2) is 60.7 Å². The van der Waals surface area contributed by atoms with E-state index in [0.29, 0.717) is 24.4 Å². The van der Waals surface area contributed by atoms with Gasteiger partial charge in [0, 0.05) is 12.1 Å². The second kappa shape index (κ2) is 10.5. The first-order valence-electron chi connectivity index (χ1n) is 9.81. The highest BCUT2D eigenvalue weighted by molar-refractivity contribution is 6.32. The zero-order chi connectivity index (χ0) is 23.1. The Hall–Kier alpha value is -3.71. The van der Waals surface area contributed by atoms with E-state index in [1.807, 2.05) is 24.3 Å². The van der Waals surface area contributed by atoms with Crippen LogP contribution in [0.25, 0.3) is 0 Å². The first kappa shape index (κ1) is 23.0. The molecule has 0 spiro atoms. The highest BCUT2D eigenvalue weighted by Gasteiger charge is 2.16. The summed E-state index contributed by atoms with van der Waals surface area (Å²) >= 11 is 5.89. The molecule has 0 unspecified atom stereocenters. The van der Waals surface area contributed by atoms with Gasteiger partial charge in [-0.1, -0.05) is 29.8 Å². The fourth-order valence-corrected chi connectivity index (χ4v) is 3.29. The minimum absolute atomic E-state index is 0.0571. The Morgan fingerprint density at radius 1 is 0.969 bits per heavy atom. The molecule has 32 heavy (non-hydrogen) atoms. The third-order valence-electron chi connectivity index (χ3n) is 4.80. The fraction of sp³-hybridized carbons (Fsp3) is 0.167. The molecule has 0 fully saturated rings. The number of amides is 2. The van der Waals surface area contributed by atoms with Crippen molar-refractivity contribution in [3.05, 3.63) is 82.4 Å². The van der Waals surface area contributed by atoms with Crippen LogP contribution in [0.2, 0.25) is 5.02 Å². The van der Waals surface area contributed by atoms with Gasteiger partial charge in [0.1, 0.15) is 17.2 Å². The Labute approximate surface area is 190 Å². The largest absolute Gasteiger partial charge is 0.506 e. The fourth-order valence-electron chi connectivity index (χ4n) is 3.11. The van der Waals surface area contributed by atoms with Gasteiger partial charge >= 0.3 is 0 Å². The molecule has 0 heterocycles. The predicted octanol–water partition coefficient (Wildman–Crippen LogP) is 4.29. The van der Waals surface area contributed by atoms with Crippen LogP contribution in [0, 0.1) is 0 Å². The highest BCUT2D eigenvalue weighted by atomic mass is 35.5. The van der Waals surface area contributed by atoms with E-state index in [1.54, 1.807) is 25.3 Å². The number of benzene rings is 3. The monoisotopic (exact) mass is 454 g/mol. The van der Waals surface area contributed by atoms with Crippen molar-refractivity contribution in [3.63, 3.8) is 0 Å². The predicted molar refractivity (Wildman–Crippen MR) is 123 cm³/mol. The van der Waals surface area contributed by atoms with Crippen LogP contribution in [-0.2, 0) is 6.42 Å². The SMILES string of the molecule is COc1ccc(NC(=O)c2ccc(O)c(Cl)c2)c(C(=O)NCCc2ccccc2OC)c1. The van der Waals surface area contributed by atoms with Gasteiger partial charge in [0.15, 0.2) is 0 Å². The first-order valence-corrected chi connectivity index (χ1v) is 10.2. The maximum atomic E-state index is 12.9. The van der Waals surface area contributed by atoms with Crippen LogP contribution in [0.5, 0.6) is 17.2 Å². The summed E-state index contributed by atoms with van der Waals surface area (Å²) in [6.07, 6.45) is 0.577. The Kier molecular flexibility index (Phi) is 7.57. The zero-order valence-electron chi connectivity index (χ0n) is 17.6. The van der Waals surface area contributed by atoms with Gasteiger partial charge in [-0.05, 0) is 54.4 Å². The second-order valence-corrected chi connectivity index (χ2v) is 7.26. The molecule has 3 aromatic rings. The average molecular weight is 455 g/mol. The Bertz CT molecular complexity index is 1130. The Morgan fingerprint density at radius 3 is 2.47 bits per heavy atom. The van der Waals surface area contributed by atoms with Crippen LogP contribution >= 0.6 is 11.6 Å². The van der Waals surface area contributed by atoms with Gasteiger partial charge in [-0.25, -0.2) is 0 Å². The van der Waals surface area contributed by atoms with Crippen molar-refractivity contribution < 1.29 is 24.2 Å². The van der Waals surface area contributed by atoms with E-state index < -0.39 is 5.91 Å². The summed E-state index contributed by atoms with van der Waals surface area (Å²) < 4.78 is 10.6. The van der Waals surface area contributed by atoms with E-state index in [4.69, 9.17) is 21.1 Å². The number of hydrogen-bond acceptors (Lipinski definition) is 5. The topological polar surface area (TPSA) is 96.9 Å². The number of phenolic OH excluding ortho intramolecular Hbond substituents is 1. The summed E-state index contributed by atoms with van der Waals surface area (Å²) in [7, 11) is 3.10. The van der Waals surface area contributed by atoms with E-state index in [-0.39, 0.29) is 27.8 Å². The molecule has 0 saturated carbocycles. The number of nitrogens with one attached hydrogen (secondary N) is 2. The molecule has 3 aromatic carbocycles. The molecule has 0 saturated heterocycles. The van der Waals surface area contributed by atoms with Crippen LogP contribution in [0.1, 0.15) is 26.3 Å². The lowest BCUT2D eigenvalue weighted by Crippen LogP contribution is -2.27. The molecule has 0 bridgehead atoms. The first-order chi connectivity index (χ1) is 15.4. The molecule has 7 nitrogen and oxygen atoms in total. The summed E-state index contributed by atoms with van der Waals surface area (Å²) in [6, 6.07) is 16.5. The highest BCUT2D eigenvalue weighted by Crippen LogP contribution is 2.26. The molecular weight excluding hydrogens is 432 g/mol. The summed E-state index contributed by atoms with van der Waals surface area (Å²) in [5.41, 5.74) is 1.78. The normalized spacial score (nSPS) is 10.3. The lowest BCUT2D eigenvalue weighted by atomic mass is 10.1. The minimum Gasteiger partial charge on any atom is -0.506 e. The van der Waals surface area contributed by atoms with Gasteiger partial charge < -0.3 is 25.2 Å². The number of methoxy groups -OCH3 is 2. The van der Waals surface area contributed by atoms with Crippen LogP contribution in [0.3, 0.4) is 0 Å². The summed E-state index contributed by atoms with van der Waals surface area (Å²) in [5.74, 6) is 0.273. The molecule has 0 aliphatic rings. The third kappa shape index (κ3) is 5.50. The number of rotatable bonds is 8. The van der Waals surface area contributed by atoms with E-state index in [2.05, 4.69) is 10.6 Å². The van der Waals surface area contributed by atoms with Gasteiger partial charge in [-0.2, -0.15) is 0 Å². The summed E-state index contributed by atoms with van der Waals surface area (Å²) in [5, 5.41) is 15.2. The van der Waals surface area contributed by atoms with Gasteiger partial charge in [0.2, 0.25) is 0 Å². The maximum absolute atomic E-state index is 12.9. The standard InChI is InChI=1S/C24H23ClN2O5/c1-31-17-8-9-20(27-23(29)16-7-10-21(28)19(25)13-16)18(14-17)24(30)26-12-11-15-5-3-4-6-22(15)32-2/h3-10,13-14,28H,11-12H2,1-2H3,(H,26,30)(H,27,29). The van der Waals surface area contributed by atoms with E-state index >= 15 is 0 Å². The number of hydrogen-bond donors (Lipinski definition) is 3. The molecule has 0 atom stereocenters. The van der Waals surface area contributed by atoms with Crippen molar-refractivity contribution in [3.8, 4) is 17.2 Å². The molecule has 166 valence electrons. The molecule has 3 rings (SSSR count). The number of para-hydroxylation sites is 1. The van der Waals surface area contributed by atoms with Crippen molar-refractivity contribution in [2.24, 2.45) is 0 Å². The van der Waals surface area contributed by atoms with Crippen molar-refractivity contribution in [2.45, 2.75) is 6.42 Å². The second-order valence-electron chi connectivity index (χ2n) is 6.85. The Morgan fingerprint density at radius 2 is 1.75 bits per heavy atom. The summed E-state index contributed by atoms with van der Waals surface area (Å²) in [4.78, 5) is 25.5. The molecule has 8 heteroatoms. The molecular formula is C24H23ClN2O5. The minimum atomic E-state index is -0.472. The average Bonchev–Trinajstić information content (AvgIpc) is 2.81. The number of phenols is 1. The molecule has 0 aromatic heterocycles. The van der Waals surface area contributed by atoms with Crippen LogP contribution in [0.4, 0.5) is 5.69 Å². The molecule has 0 radical (unpaired) electrons. The lowest BCUT2D eigenvalue weighted by molar-refractivity contribution is 0.0954. The van der Waals surface area contributed by atoms with Gasteiger partial charge in [0.05, 0.1) is 30.5 Å². The van der Waals surface area contributed by atoms with Gasteiger partial charge in [-0.3, -0.25) is 9.59 Å². The van der Waals surface area contributed by atoms with E-state index in [0.717, 1.165) is 11.3 Å². The number of anilines is 1. The van der Waals surface area contributed by atoms with Crippen molar-refractivity contribution in [1.29, 1.82) is 0 Å².